The van der Waals surface area contributed by atoms with Gasteiger partial charge in [0.25, 0.3) is 0 Å². The van der Waals surface area contributed by atoms with E-state index in [0.717, 1.165) is 18.7 Å². The van der Waals surface area contributed by atoms with Crippen LogP contribution in [0.3, 0.4) is 0 Å². The number of allylic oxidation sites excluding steroid dienone is 2. The summed E-state index contributed by atoms with van der Waals surface area (Å²) in [4.78, 5) is 15.7. The van der Waals surface area contributed by atoms with Crippen LogP contribution in [0.15, 0.2) is 29.5 Å². The highest BCUT2D eigenvalue weighted by atomic mass is 16.4. The summed E-state index contributed by atoms with van der Waals surface area (Å²) in [5, 5.41) is 9.24. The fourth-order valence-electron chi connectivity index (χ4n) is 3.99. The topological polar surface area (TPSA) is 75.7 Å². The van der Waals surface area contributed by atoms with Crippen LogP contribution in [0.25, 0.3) is 0 Å². The Kier molecular flexibility index (Phi) is 14.4. The fraction of sp³-hybridized carbons (Fsp3) is 0.750. The number of carbonyl (C=O) groups is 1. The second-order valence-corrected chi connectivity index (χ2v) is 8.28. The minimum absolute atomic E-state index is 0.0393. The van der Waals surface area contributed by atoms with Gasteiger partial charge in [0.15, 0.2) is 6.54 Å². The van der Waals surface area contributed by atoms with Crippen molar-refractivity contribution in [3.8, 4) is 0 Å². The zero-order chi connectivity index (χ0) is 21.2. The SMILES string of the molecule is CCCCCCCC/C=C/CCCCCCCC1=NC=C[N+]1(CCN)CC(=O)O. The Morgan fingerprint density at radius 2 is 1.59 bits per heavy atom. The Balaban J connectivity index is 2.04. The highest BCUT2D eigenvalue weighted by molar-refractivity contribution is 5.81. The van der Waals surface area contributed by atoms with Crippen molar-refractivity contribution in [2.24, 2.45) is 10.7 Å². The molecule has 0 bridgehead atoms. The van der Waals surface area contributed by atoms with E-state index < -0.39 is 5.97 Å². The Hall–Kier alpha value is -1.46. The first-order chi connectivity index (χ1) is 14.1. The van der Waals surface area contributed by atoms with Gasteiger partial charge < -0.3 is 10.8 Å². The molecule has 0 fully saturated rings. The van der Waals surface area contributed by atoms with Crippen LogP contribution >= 0.6 is 0 Å². The smallest absolute Gasteiger partial charge is 0.360 e. The van der Waals surface area contributed by atoms with Crippen molar-refractivity contribution in [2.75, 3.05) is 19.6 Å². The number of carboxylic acids is 1. The fourth-order valence-corrected chi connectivity index (χ4v) is 3.99. The van der Waals surface area contributed by atoms with Gasteiger partial charge in [-0.25, -0.2) is 14.3 Å². The number of carboxylic acid groups (broad SMARTS) is 1. The molecule has 0 amide bonds. The number of amidine groups is 1. The standard InChI is InChI=1S/C24H43N3O2/c1-2-3-4-5-6-7-8-9-10-11-12-13-14-15-16-17-23-26-19-21-27(23,20-18-25)22-24(28)29/h9-10,19,21H,2-8,11-18,20,22,25H2,1H3/p+1/b10-9+. The molecule has 1 atom stereocenters. The van der Waals surface area contributed by atoms with Gasteiger partial charge in [0, 0.05) is 13.0 Å². The number of hydrogen-bond acceptors (Lipinski definition) is 3. The summed E-state index contributed by atoms with van der Waals surface area (Å²) < 4.78 is 0.301. The molecule has 1 rings (SSSR count). The molecule has 0 aromatic heterocycles. The lowest BCUT2D eigenvalue weighted by Gasteiger charge is -2.30. The number of nitrogens with zero attached hydrogens (tertiary/aromatic N) is 2. The maximum atomic E-state index is 11.2. The quantitative estimate of drug-likeness (QED) is 0.162. The van der Waals surface area contributed by atoms with Crippen LogP contribution in [-0.2, 0) is 4.79 Å². The summed E-state index contributed by atoms with van der Waals surface area (Å²) in [6, 6.07) is 0. The highest BCUT2D eigenvalue weighted by Gasteiger charge is 2.36. The lowest BCUT2D eigenvalue weighted by Crippen LogP contribution is -2.52. The number of aliphatic imine (C=N–C) groups is 1. The minimum Gasteiger partial charge on any atom is -0.477 e. The minimum atomic E-state index is -0.803. The van der Waals surface area contributed by atoms with Crippen molar-refractivity contribution in [1.82, 2.24) is 0 Å². The number of rotatable bonds is 19. The number of nitrogens with two attached hydrogens (primary N) is 1. The Morgan fingerprint density at radius 3 is 2.17 bits per heavy atom. The van der Waals surface area contributed by atoms with E-state index in [0.29, 0.717) is 17.6 Å². The molecular weight excluding hydrogens is 362 g/mol. The Labute approximate surface area is 178 Å². The number of hydrogen-bond donors (Lipinski definition) is 2. The molecule has 0 saturated carbocycles. The first kappa shape index (κ1) is 25.6. The van der Waals surface area contributed by atoms with Gasteiger partial charge in [-0.3, -0.25) is 0 Å². The second kappa shape index (κ2) is 16.3. The molecular formula is C24H44N3O2+. The van der Waals surface area contributed by atoms with Gasteiger partial charge in [0.05, 0.1) is 6.20 Å². The second-order valence-electron chi connectivity index (χ2n) is 8.28. The van der Waals surface area contributed by atoms with Gasteiger partial charge in [0.1, 0.15) is 12.7 Å². The number of quaternary nitrogens is 1. The van der Waals surface area contributed by atoms with Gasteiger partial charge in [-0.05, 0) is 32.1 Å². The van der Waals surface area contributed by atoms with Crippen LogP contribution in [0, 0.1) is 0 Å². The van der Waals surface area contributed by atoms with E-state index in [9.17, 15) is 9.90 Å². The average Bonchev–Trinajstić information content (AvgIpc) is 3.06. The molecule has 166 valence electrons. The maximum Gasteiger partial charge on any atom is 0.360 e. The van der Waals surface area contributed by atoms with Crippen LogP contribution < -0.4 is 5.73 Å². The molecule has 0 aromatic rings. The van der Waals surface area contributed by atoms with Crippen molar-refractivity contribution in [3.05, 3.63) is 24.6 Å². The molecule has 0 spiro atoms. The zero-order valence-electron chi connectivity index (χ0n) is 18.7. The van der Waals surface area contributed by atoms with E-state index in [4.69, 9.17) is 5.73 Å². The van der Waals surface area contributed by atoms with E-state index in [1.165, 1.54) is 77.0 Å². The molecule has 1 unspecified atom stereocenters. The number of aliphatic carboxylic acids is 1. The molecule has 29 heavy (non-hydrogen) atoms. The molecule has 0 saturated heterocycles. The molecule has 0 aromatic carbocycles. The first-order valence-electron chi connectivity index (χ1n) is 11.8. The lowest BCUT2D eigenvalue weighted by atomic mass is 10.1. The van der Waals surface area contributed by atoms with Crippen molar-refractivity contribution >= 4 is 11.8 Å². The summed E-state index contributed by atoms with van der Waals surface area (Å²) in [7, 11) is 0. The van der Waals surface area contributed by atoms with Crippen molar-refractivity contribution in [1.29, 1.82) is 0 Å². The molecule has 3 N–H and O–H groups in total. The molecule has 0 radical (unpaired) electrons. The van der Waals surface area contributed by atoms with Gasteiger partial charge >= 0.3 is 5.97 Å². The predicted octanol–water partition coefficient (Wildman–Crippen LogP) is 5.77. The molecule has 1 heterocycles. The normalized spacial score (nSPS) is 18.6. The van der Waals surface area contributed by atoms with Gasteiger partial charge in [-0.1, -0.05) is 70.4 Å². The van der Waals surface area contributed by atoms with Gasteiger partial charge in [0.2, 0.25) is 5.84 Å². The van der Waals surface area contributed by atoms with Crippen molar-refractivity contribution in [3.63, 3.8) is 0 Å². The van der Waals surface area contributed by atoms with Crippen LogP contribution in [0.1, 0.15) is 96.8 Å². The third-order valence-corrected chi connectivity index (χ3v) is 5.70. The first-order valence-corrected chi connectivity index (χ1v) is 11.8. The molecule has 5 heteroatoms. The average molecular weight is 407 g/mol. The zero-order valence-corrected chi connectivity index (χ0v) is 18.7. The molecule has 0 aliphatic carbocycles. The van der Waals surface area contributed by atoms with E-state index in [1.54, 1.807) is 6.20 Å². The van der Waals surface area contributed by atoms with Crippen LogP contribution in [0.5, 0.6) is 0 Å². The third kappa shape index (κ3) is 11.3. The maximum absolute atomic E-state index is 11.2. The van der Waals surface area contributed by atoms with Gasteiger partial charge in [-0.15, -0.1) is 0 Å². The monoisotopic (exact) mass is 406 g/mol. The van der Waals surface area contributed by atoms with E-state index >= 15 is 0 Å². The van der Waals surface area contributed by atoms with Crippen molar-refractivity contribution in [2.45, 2.75) is 96.8 Å². The molecule has 1 aliphatic heterocycles. The van der Waals surface area contributed by atoms with E-state index in [-0.39, 0.29) is 6.54 Å². The number of unbranched alkanes of at least 4 members (excludes halogenated alkanes) is 11. The predicted molar refractivity (Wildman–Crippen MR) is 123 cm³/mol. The third-order valence-electron chi connectivity index (χ3n) is 5.70. The van der Waals surface area contributed by atoms with E-state index in [2.05, 4.69) is 24.1 Å². The summed E-state index contributed by atoms with van der Waals surface area (Å²) in [6.07, 6.45) is 25.9. The van der Waals surface area contributed by atoms with Crippen LogP contribution in [0.2, 0.25) is 0 Å². The van der Waals surface area contributed by atoms with Crippen LogP contribution in [-0.4, -0.2) is 41.0 Å². The Bertz CT molecular complexity index is 528. The van der Waals surface area contributed by atoms with Crippen molar-refractivity contribution < 1.29 is 14.4 Å². The Morgan fingerprint density at radius 1 is 1.00 bits per heavy atom. The largest absolute Gasteiger partial charge is 0.477 e. The lowest BCUT2D eigenvalue weighted by molar-refractivity contribution is -0.778. The summed E-state index contributed by atoms with van der Waals surface area (Å²) in [5.41, 5.74) is 5.71. The molecule has 5 nitrogen and oxygen atoms in total. The van der Waals surface area contributed by atoms with Gasteiger partial charge in [-0.2, -0.15) is 0 Å². The molecule has 1 aliphatic rings. The van der Waals surface area contributed by atoms with E-state index in [1.807, 2.05) is 6.20 Å². The summed E-state index contributed by atoms with van der Waals surface area (Å²) >= 11 is 0. The van der Waals surface area contributed by atoms with Crippen LogP contribution in [0.4, 0.5) is 0 Å². The highest BCUT2D eigenvalue weighted by Crippen LogP contribution is 2.21. The summed E-state index contributed by atoms with van der Waals surface area (Å²) in [6.45, 7) is 3.37. The summed E-state index contributed by atoms with van der Waals surface area (Å²) in [5.74, 6) is 0.151.